The third-order valence-electron chi connectivity index (χ3n) is 4.60. The van der Waals surface area contributed by atoms with Crippen molar-refractivity contribution in [2.45, 2.75) is 56.8 Å². The van der Waals surface area contributed by atoms with Gasteiger partial charge in [0.15, 0.2) is 11.7 Å². The van der Waals surface area contributed by atoms with Gasteiger partial charge in [-0.3, -0.25) is 4.99 Å². The van der Waals surface area contributed by atoms with Crippen LogP contribution in [0.5, 0.6) is 5.75 Å². The van der Waals surface area contributed by atoms with Crippen LogP contribution in [0.2, 0.25) is 0 Å². The molecule has 1 aliphatic heterocycles. The summed E-state index contributed by atoms with van der Waals surface area (Å²) in [6.45, 7) is 0.843. The molecule has 1 atom stereocenters. The minimum absolute atomic E-state index is 0.147. The van der Waals surface area contributed by atoms with E-state index in [2.05, 4.69) is 15.0 Å². The molecule has 1 saturated heterocycles. The molecule has 0 aromatic heterocycles. The Bertz CT molecular complexity index is 641. The second kappa shape index (κ2) is 8.35. The first kappa shape index (κ1) is 19.8. The molecule has 1 aromatic rings. The highest BCUT2D eigenvalue weighted by atomic mass is 19.4. The van der Waals surface area contributed by atoms with Gasteiger partial charge in [0.1, 0.15) is 11.9 Å². The largest absolute Gasteiger partial charge is 0.573 e. The highest BCUT2D eigenvalue weighted by Crippen LogP contribution is 2.36. The van der Waals surface area contributed by atoms with Crippen LogP contribution in [0, 0.1) is 0 Å². The molecule has 150 valence electrons. The number of nitrogens with one attached hydrogen (secondary N) is 1. The normalized spacial score (nSPS) is 23.2. The standard InChI is InChI=1S/C18H24F3N3O3/c19-18(20,21)27-14-7-5-13(6-8-14)24-16(22)23-11-15-12-25-17(26-15)9-3-1-2-4-10-17/h5-8,15H,1-4,9-12H2,(H3,22,23,24). The Morgan fingerprint density at radius 1 is 1.19 bits per heavy atom. The highest BCUT2D eigenvalue weighted by Gasteiger charge is 2.41. The maximum Gasteiger partial charge on any atom is 0.573 e. The van der Waals surface area contributed by atoms with Crippen LogP contribution in [0.4, 0.5) is 18.9 Å². The maximum absolute atomic E-state index is 12.2. The third-order valence-corrected chi connectivity index (χ3v) is 4.60. The molecule has 27 heavy (non-hydrogen) atoms. The monoisotopic (exact) mass is 387 g/mol. The number of hydrogen-bond acceptors (Lipinski definition) is 4. The van der Waals surface area contributed by atoms with Crippen LogP contribution in [0.3, 0.4) is 0 Å². The number of anilines is 1. The van der Waals surface area contributed by atoms with Gasteiger partial charge in [-0.25, -0.2) is 0 Å². The lowest BCUT2D eigenvalue weighted by Gasteiger charge is -2.26. The summed E-state index contributed by atoms with van der Waals surface area (Å²) < 4.78 is 52.3. The zero-order chi connectivity index (χ0) is 19.3. The van der Waals surface area contributed by atoms with Gasteiger partial charge in [0.25, 0.3) is 0 Å². The second-order valence-electron chi connectivity index (χ2n) is 6.80. The molecule has 2 aliphatic rings. The van der Waals surface area contributed by atoms with Crippen LogP contribution in [-0.4, -0.2) is 37.4 Å². The molecule has 1 spiro atoms. The fourth-order valence-electron chi connectivity index (χ4n) is 3.36. The van der Waals surface area contributed by atoms with Crippen LogP contribution < -0.4 is 15.8 Å². The van der Waals surface area contributed by atoms with E-state index in [0.29, 0.717) is 18.8 Å². The summed E-state index contributed by atoms with van der Waals surface area (Å²) in [7, 11) is 0. The van der Waals surface area contributed by atoms with Gasteiger partial charge in [-0.1, -0.05) is 12.8 Å². The van der Waals surface area contributed by atoms with E-state index in [1.165, 1.54) is 37.1 Å². The Morgan fingerprint density at radius 3 is 2.48 bits per heavy atom. The van der Waals surface area contributed by atoms with E-state index in [4.69, 9.17) is 15.2 Å². The minimum atomic E-state index is -4.71. The van der Waals surface area contributed by atoms with Crippen LogP contribution in [0.15, 0.2) is 29.3 Å². The maximum atomic E-state index is 12.2. The van der Waals surface area contributed by atoms with Crippen molar-refractivity contribution in [3.63, 3.8) is 0 Å². The third kappa shape index (κ3) is 6.00. The number of nitrogens with two attached hydrogens (primary N) is 1. The van der Waals surface area contributed by atoms with E-state index >= 15 is 0 Å². The zero-order valence-corrected chi connectivity index (χ0v) is 14.9. The predicted octanol–water partition coefficient (Wildman–Crippen LogP) is 3.78. The molecule has 9 heteroatoms. The summed E-state index contributed by atoms with van der Waals surface area (Å²) >= 11 is 0. The molecule has 3 N–H and O–H groups in total. The van der Waals surface area contributed by atoms with Gasteiger partial charge in [-0.05, 0) is 37.1 Å². The van der Waals surface area contributed by atoms with Gasteiger partial charge in [0.05, 0.1) is 13.2 Å². The number of benzene rings is 1. The number of alkyl halides is 3. The minimum Gasteiger partial charge on any atom is -0.406 e. The van der Waals surface area contributed by atoms with E-state index in [0.717, 1.165) is 25.7 Å². The molecular weight excluding hydrogens is 363 g/mol. The molecular formula is C18H24F3N3O3. The molecule has 3 rings (SSSR count). The molecule has 1 heterocycles. The van der Waals surface area contributed by atoms with Crippen molar-refractivity contribution >= 4 is 11.6 Å². The topological polar surface area (TPSA) is 78.1 Å². The van der Waals surface area contributed by atoms with E-state index in [9.17, 15) is 13.2 Å². The molecule has 0 bridgehead atoms. The van der Waals surface area contributed by atoms with Crippen molar-refractivity contribution < 1.29 is 27.4 Å². The quantitative estimate of drug-likeness (QED) is 0.607. The zero-order valence-electron chi connectivity index (χ0n) is 14.9. The first-order valence-electron chi connectivity index (χ1n) is 9.08. The number of rotatable bonds is 4. The second-order valence-corrected chi connectivity index (χ2v) is 6.80. The summed E-state index contributed by atoms with van der Waals surface area (Å²) in [6, 6.07) is 5.26. The lowest BCUT2D eigenvalue weighted by molar-refractivity contribution is -0.274. The van der Waals surface area contributed by atoms with Crippen molar-refractivity contribution in [1.82, 2.24) is 0 Å². The fourth-order valence-corrected chi connectivity index (χ4v) is 3.36. The molecule has 2 fully saturated rings. The van der Waals surface area contributed by atoms with E-state index in [-0.39, 0.29) is 17.8 Å². The van der Waals surface area contributed by atoms with Gasteiger partial charge in [0, 0.05) is 18.5 Å². The number of nitrogens with zero attached hydrogens (tertiary/aromatic N) is 1. The summed E-state index contributed by atoms with van der Waals surface area (Å²) in [4.78, 5) is 4.25. The summed E-state index contributed by atoms with van der Waals surface area (Å²) in [5.41, 5.74) is 6.36. The number of guanidine groups is 1. The molecule has 1 unspecified atom stereocenters. The lowest BCUT2D eigenvalue weighted by atomic mass is 10.1. The van der Waals surface area contributed by atoms with Crippen molar-refractivity contribution in [2.75, 3.05) is 18.5 Å². The van der Waals surface area contributed by atoms with Gasteiger partial charge < -0.3 is 25.3 Å². The molecule has 1 aromatic carbocycles. The Balaban J connectivity index is 1.48. The molecule has 6 nitrogen and oxygen atoms in total. The first-order valence-corrected chi connectivity index (χ1v) is 9.08. The first-order chi connectivity index (χ1) is 12.8. The number of hydrogen-bond donors (Lipinski definition) is 2. The smallest absolute Gasteiger partial charge is 0.406 e. The molecule has 1 saturated carbocycles. The van der Waals surface area contributed by atoms with Crippen LogP contribution >= 0.6 is 0 Å². The highest BCUT2D eigenvalue weighted by molar-refractivity contribution is 5.92. The number of halogens is 3. The van der Waals surface area contributed by atoms with Gasteiger partial charge in [0.2, 0.25) is 0 Å². The average Bonchev–Trinajstić information content (AvgIpc) is 2.85. The van der Waals surface area contributed by atoms with Crippen LogP contribution in [0.25, 0.3) is 0 Å². The average molecular weight is 387 g/mol. The van der Waals surface area contributed by atoms with Crippen molar-refractivity contribution in [1.29, 1.82) is 0 Å². The van der Waals surface area contributed by atoms with Crippen molar-refractivity contribution in [2.24, 2.45) is 10.7 Å². The summed E-state index contributed by atoms with van der Waals surface area (Å²) in [5.74, 6) is -0.605. The van der Waals surface area contributed by atoms with Gasteiger partial charge >= 0.3 is 6.36 Å². The lowest BCUT2D eigenvalue weighted by Crippen LogP contribution is -2.31. The van der Waals surface area contributed by atoms with Gasteiger partial charge in [-0.15, -0.1) is 13.2 Å². The van der Waals surface area contributed by atoms with E-state index < -0.39 is 12.1 Å². The fraction of sp³-hybridized carbons (Fsp3) is 0.611. The summed E-state index contributed by atoms with van der Waals surface area (Å²) in [6.07, 6.45) is 1.59. The van der Waals surface area contributed by atoms with Gasteiger partial charge in [-0.2, -0.15) is 0 Å². The van der Waals surface area contributed by atoms with Crippen LogP contribution in [-0.2, 0) is 9.47 Å². The van der Waals surface area contributed by atoms with E-state index in [1.54, 1.807) is 0 Å². The molecule has 0 radical (unpaired) electrons. The Labute approximate surface area is 155 Å². The predicted molar refractivity (Wildman–Crippen MR) is 94.5 cm³/mol. The Morgan fingerprint density at radius 2 is 1.85 bits per heavy atom. The molecule has 0 amide bonds. The summed E-state index contributed by atoms with van der Waals surface area (Å²) in [5, 5.41) is 2.83. The van der Waals surface area contributed by atoms with Crippen molar-refractivity contribution in [3.05, 3.63) is 24.3 Å². The van der Waals surface area contributed by atoms with Crippen LogP contribution in [0.1, 0.15) is 38.5 Å². The SMILES string of the molecule is NC(=NCC1COC2(CCCCCC2)O1)Nc1ccc(OC(F)(F)F)cc1. The number of ether oxygens (including phenoxy) is 3. The Kier molecular flexibility index (Phi) is 6.11. The number of aliphatic imine (C=N–C) groups is 1. The molecule has 1 aliphatic carbocycles. The van der Waals surface area contributed by atoms with E-state index in [1.807, 2.05) is 0 Å². The van der Waals surface area contributed by atoms with Crippen molar-refractivity contribution in [3.8, 4) is 5.75 Å². The Hall–Kier alpha value is -2.00.